The molecule has 0 saturated carbocycles. The largest absolute Gasteiger partial charge is 0.496 e. The molecule has 2 aromatic carbocycles. The summed E-state index contributed by atoms with van der Waals surface area (Å²) in [5.74, 6) is -0.461. The topological polar surface area (TPSA) is 88.1 Å². The second-order valence-electron chi connectivity index (χ2n) is 6.01. The van der Waals surface area contributed by atoms with Gasteiger partial charge < -0.3 is 9.84 Å². The van der Waals surface area contributed by atoms with Crippen LogP contribution in [0.2, 0.25) is 0 Å². The van der Waals surface area contributed by atoms with Gasteiger partial charge in [-0.1, -0.05) is 44.0 Å². The SMILES string of the molecule is COc1ccc(Br)cc1-c1cc(C(=O)O)c2c(-c3ccc(Br)cc3)[nH]nc2n1. The summed E-state index contributed by atoms with van der Waals surface area (Å²) in [5, 5.41) is 17.5. The summed E-state index contributed by atoms with van der Waals surface area (Å²) in [7, 11) is 1.56. The number of fused-ring (bicyclic) bond motifs is 1. The van der Waals surface area contributed by atoms with E-state index in [2.05, 4.69) is 47.0 Å². The number of carbonyl (C=O) groups is 1. The van der Waals surface area contributed by atoms with E-state index in [0.29, 0.717) is 33.7 Å². The lowest BCUT2D eigenvalue weighted by Crippen LogP contribution is -2.01. The number of halogens is 2. The van der Waals surface area contributed by atoms with Crippen molar-refractivity contribution in [1.82, 2.24) is 15.2 Å². The number of aromatic carboxylic acids is 1. The number of nitrogens with one attached hydrogen (secondary N) is 1. The van der Waals surface area contributed by atoms with Crippen molar-refractivity contribution in [1.29, 1.82) is 0 Å². The minimum atomic E-state index is -1.05. The monoisotopic (exact) mass is 501 g/mol. The molecular formula is C20H13Br2N3O3. The van der Waals surface area contributed by atoms with Crippen molar-refractivity contribution in [3.63, 3.8) is 0 Å². The second kappa shape index (κ2) is 7.37. The number of pyridine rings is 1. The molecule has 2 N–H and O–H groups in total. The number of rotatable bonds is 4. The third kappa shape index (κ3) is 3.29. The Labute approximate surface area is 176 Å². The zero-order valence-electron chi connectivity index (χ0n) is 14.5. The highest BCUT2D eigenvalue weighted by atomic mass is 79.9. The Hall–Kier alpha value is -2.71. The molecule has 0 amide bonds. The fraction of sp³-hybridized carbons (Fsp3) is 0.0500. The number of carboxylic acids is 1. The van der Waals surface area contributed by atoms with Gasteiger partial charge in [-0.2, -0.15) is 5.10 Å². The van der Waals surface area contributed by atoms with Crippen LogP contribution in [0.5, 0.6) is 5.75 Å². The van der Waals surface area contributed by atoms with Gasteiger partial charge in [-0.05, 0) is 36.4 Å². The highest BCUT2D eigenvalue weighted by molar-refractivity contribution is 9.10. The smallest absolute Gasteiger partial charge is 0.336 e. The van der Waals surface area contributed by atoms with Gasteiger partial charge in [0, 0.05) is 20.1 Å². The van der Waals surface area contributed by atoms with Gasteiger partial charge in [0.05, 0.1) is 29.4 Å². The summed E-state index contributed by atoms with van der Waals surface area (Å²) < 4.78 is 7.18. The maximum Gasteiger partial charge on any atom is 0.336 e. The molecule has 0 radical (unpaired) electrons. The van der Waals surface area contributed by atoms with Crippen molar-refractivity contribution >= 4 is 48.9 Å². The van der Waals surface area contributed by atoms with Gasteiger partial charge in [0.1, 0.15) is 5.75 Å². The second-order valence-corrected chi connectivity index (χ2v) is 7.84. The van der Waals surface area contributed by atoms with E-state index in [1.165, 1.54) is 0 Å². The standard InChI is InChI=1S/C20H13Br2N3O3/c1-28-16-7-6-12(22)8-13(16)15-9-14(20(26)27)17-18(24-25-19(17)23-15)10-2-4-11(21)5-3-10/h2-9H,1H3,(H,26,27)(H,23,24,25). The van der Waals surface area contributed by atoms with Crippen molar-refractivity contribution in [2.75, 3.05) is 7.11 Å². The van der Waals surface area contributed by atoms with E-state index in [1.807, 2.05) is 36.4 Å². The Morgan fingerprint density at radius 3 is 2.46 bits per heavy atom. The van der Waals surface area contributed by atoms with Crippen LogP contribution in [0, 0.1) is 0 Å². The lowest BCUT2D eigenvalue weighted by atomic mass is 10.0. The summed E-state index contributed by atoms with van der Waals surface area (Å²) in [4.78, 5) is 16.6. The molecule has 0 aliphatic rings. The molecule has 0 spiro atoms. The molecule has 0 bridgehead atoms. The molecule has 0 fully saturated rings. The Morgan fingerprint density at radius 1 is 1.07 bits per heavy atom. The first-order chi connectivity index (χ1) is 13.5. The molecule has 4 rings (SSSR count). The number of hydrogen-bond donors (Lipinski definition) is 2. The summed E-state index contributed by atoms with van der Waals surface area (Å²) in [6.07, 6.45) is 0. The van der Waals surface area contributed by atoms with Crippen molar-refractivity contribution in [2.45, 2.75) is 0 Å². The maximum absolute atomic E-state index is 12.0. The van der Waals surface area contributed by atoms with Crippen LogP contribution in [0.25, 0.3) is 33.5 Å². The normalized spacial score (nSPS) is 11.0. The lowest BCUT2D eigenvalue weighted by molar-refractivity contribution is 0.0699. The summed E-state index contributed by atoms with van der Waals surface area (Å²) in [6.45, 7) is 0. The van der Waals surface area contributed by atoms with Crippen molar-refractivity contribution in [2.24, 2.45) is 0 Å². The molecule has 6 nitrogen and oxygen atoms in total. The van der Waals surface area contributed by atoms with Gasteiger partial charge in [0.15, 0.2) is 5.65 Å². The predicted octanol–water partition coefficient (Wildman–Crippen LogP) is 5.52. The number of H-pyrrole nitrogens is 1. The molecule has 0 aliphatic heterocycles. The average Bonchev–Trinajstić information content (AvgIpc) is 3.11. The van der Waals surface area contributed by atoms with Crippen molar-refractivity contribution < 1.29 is 14.6 Å². The van der Waals surface area contributed by atoms with Gasteiger partial charge >= 0.3 is 5.97 Å². The van der Waals surface area contributed by atoms with Gasteiger partial charge in [-0.15, -0.1) is 0 Å². The molecule has 28 heavy (non-hydrogen) atoms. The number of carboxylic acid groups (broad SMARTS) is 1. The highest BCUT2D eigenvalue weighted by Gasteiger charge is 2.21. The van der Waals surface area contributed by atoms with Crippen LogP contribution in [-0.2, 0) is 0 Å². The molecule has 0 unspecified atom stereocenters. The van der Waals surface area contributed by atoms with E-state index in [0.717, 1.165) is 14.5 Å². The fourth-order valence-corrected chi connectivity index (χ4v) is 3.66. The average molecular weight is 503 g/mol. The van der Waals surface area contributed by atoms with E-state index in [4.69, 9.17) is 4.74 Å². The molecule has 8 heteroatoms. The van der Waals surface area contributed by atoms with E-state index in [1.54, 1.807) is 19.2 Å². The van der Waals surface area contributed by atoms with E-state index in [9.17, 15) is 9.90 Å². The molecule has 0 aliphatic carbocycles. The molecule has 0 atom stereocenters. The fourth-order valence-electron chi connectivity index (χ4n) is 3.04. The Bertz CT molecular complexity index is 1200. The maximum atomic E-state index is 12.0. The number of aromatic amines is 1. The summed E-state index contributed by atoms with van der Waals surface area (Å²) in [6, 6.07) is 14.6. The minimum Gasteiger partial charge on any atom is -0.496 e. The number of nitrogens with zero attached hydrogens (tertiary/aromatic N) is 2. The van der Waals surface area contributed by atoms with Gasteiger partial charge in [-0.25, -0.2) is 9.78 Å². The summed E-state index contributed by atoms with van der Waals surface area (Å²) >= 11 is 6.84. The van der Waals surface area contributed by atoms with Crippen LogP contribution in [0.4, 0.5) is 0 Å². The minimum absolute atomic E-state index is 0.119. The van der Waals surface area contributed by atoms with Crippen LogP contribution >= 0.6 is 31.9 Å². The predicted molar refractivity (Wildman–Crippen MR) is 114 cm³/mol. The van der Waals surface area contributed by atoms with E-state index < -0.39 is 5.97 Å². The first-order valence-electron chi connectivity index (χ1n) is 8.20. The molecular weight excluding hydrogens is 490 g/mol. The number of aromatic nitrogens is 3. The number of methoxy groups -OCH3 is 1. The van der Waals surface area contributed by atoms with Gasteiger partial charge in [0.25, 0.3) is 0 Å². The molecule has 0 saturated heterocycles. The Balaban J connectivity index is 1.98. The molecule has 140 valence electrons. The molecule has 4 aromatic rings. The quantitative estimate of drug-likeness (QED) is 0.383. The third-order valence-electron chi connectivity index (χ3n) is 4.32. The van der Waals surface area contributed by atoms with E-state index >= 15 is 0 Å². The Morgan fingerprint density at radius 2 is 1.79 bits per heavy atom. The lowest BCUT2D eigenvalue weighted by Gasteiger charge is -2.10. The van der Waals surface area contributed by atoms with Crippen LogP contribution in [-0.4, -0.2) is 33.4 Å². The van der Waals surface area contributed by atoms with Crippen molar-refractivity contribution in [3.05, 3.63) is 63.0 Å². The number of ether oxygens (including phenoxy) is 1. The van der Waals surface area contributed by atoms with Crippen LogP contribution in [0.1, 0.15) is 10.4 Å². The van der Waals surface area contributed by atoms with Crippen LogP contribution in [0.15, 0.2) is 57.5 Å². The molecule has 2 aromatic heterocycles. The zero-order chi connectivity index (χ0) is 19.8. The number of benzene rings is 2. The zero-order valence-corrected chi connectivity index (χ0v) is 17.7. The summed E-state index contributed by atoms with van der Waals surface area (Å²) in [5.41, 5.74) is 3.03. The first-order valence-corrected chi connectivity index (χ1v) is 9.79. The van der Waals surface area contributed by atoms with Crippen LogP contribution < -0.4 is 4.74 Å². The van der Waals surface area contributed by atoms with E-state index in [-0.39, 0.29) is 5.56 Å². The van der Waals surface area contributed by atoms with Gasteiger partial charge in [0.2, 0.25) is 0 Å². The third-order valence-corrected chi connectivity index (χ3v) is 5.35. The van der Waals surface area contributed by atoms with Crippen LogP contribution in [0.3, 0.4) is 0 Å². The van der Waals surface area contributed by atoms with Crippen molar-refractivity contribution in [3.8, 4) is 28.3 Å². The van der Waals surface area contributed by atoms with Gasteiger partial charge in [-0.3, -0.25) is 5.10 Å². The Kier molecular flexibility index (Phi) is 4.91. The molecule has 2 heterocycles. The first kappa shape index (κ1) is 18.6. The highest BCUT2D eigenvalue weighted by Crippen LogP contribution is 2.36. The number of hydrogen-bond acceptors (Lipinski definition) is 4.